The third-order valence-electron chi connectivity index (χ3n) is 3.47. The molecule has 0 aromatic heterocycles. The number of nitrogens with zero attached hydrogens (tertiary/aromatic N) is 1. The summed E-state index contributed by atoms with van der Waals surface area (Å²) < 4.78 is 0. The molecule has 1 N–H and O–H groups in total. The van der Waals surface area contributed by atoms with Gasteiger partial charge in [-0.25, -0.2) is 4.79 Å². The average Bonchev–Trinajstić information content (AvgIpc) is 2.48. The van der Waals surface area contributed by atoms with E-state index in [-0.39, 0.29) is 12.1 Å². The Bertz CT molecular complexity index is 593. The van der Waals surface area contributed by atoms with Crippen LogP contribution in [0.3, 0.4) is 0 Å². The Hall–Kier alpha value is -2.29. The van der Waals surface area contributed by atoms with Gasteiger partial charge in [-0.1, -0.05) is 48.5 Å². The normalized spacial score (nSPS) is 10.5. The first-order valence-electron chi connectivity index (χ1n) is 7.25. The molecule has 0 atom stereocenters. The number of anilines is 1. The highest BCUT2D eigenvalue weighted by Crippen LogP contribution is 2.16. The minimum Gasteiger partial charge on any atom is -0.318 e. The molecule has 3 nitrogen and oxygen atoms in total. The van der Waals surface area contributed by atoms with Crippen LogP contribution in [0.2, 0.25) is 0 Å². The van der Waals surface area contributed by atoms with Crippen LogP contribution in [0.15, 0.2) is 54.6 Å². The van der Waals surface area contributed by atoms with Crippen molar-refractivity contribution in [2.75, 3.05) is 5.32 Å². The SMILES string of the molecule is Cc1ccccc1NC(=O)N(Cc1ccccc1)C(C)C. The Labute approximate surface area is 126 Å². The fourth-order valence-corrected chi connectivity index (χ4v) is 2.17. The molecule has 2 rings (SSSR count). The molecule has 0 saturated heterocycles. The van der Waals surface area contributed by atoms with Gasteiger partial charge in [0.15, 0.2) is 0 Å². The number of urea groups is 1. The topological polar surface area (TPSA) is 32.3 Å². The lowest BCUT2D eigenvalue weighted by Crippen LogP contribution is -2.39. The van der Waals surface area contributed by atoms with Crippen LogP contribution in [0.4, 0.5) is 10.5 Å². The minimum atomic E-state index is -0.0665. The van der Waals surface area contributed by atoms with Crippen molar-refractivity contribution in [1.82, 2.24) is 4.90 Å². The maximum Gasteiger partial charge on any atom is 0.322 e. The summed E-state index contributed by atoms with van der Waals surface area (Å²) in [5, 5.41) is 3.00. The monoisotopic (exact) mass is 282 g/mol. The van der Waals surface area contributed by atoms with Crippen molar-refractivity contribution < 1.29 is 4.79 Å². The van der Waals surface area contributed by atoms with Crippen LogP contribution < -0.4 is 5.32 Å². The van der Waals surface area contributed by atoms with Crippen molar-refractivity contribution in [2.24, 2.45) is 0 Å². The van der Waals surface area contributed by atoms with Gasteiger partial charge in [0.25, 0.3) is 0 Å². The van der Waals surface area contributed by atoms with Crippen LogP contribution in [0.5, 0.6) is 0 Å². The van der Waals surface area contributed by atoms with Gasteiger partial charge in [0.05, 0.1) is 0 Å². The van der Waals surface area contributed by atoms with Crippen LogP contribution in [0.25, 0.3) is 0 Å². The number of benzene rings is 2. The second kappa shape index (κ2) is 6.93. The van der Waals surface area contributed by atoms with Crippen molar-refractivity contribution in [3.63, 3.8) is 0 Å². The minimum absolute atomic E-state index is 0.0665. The van der Waals surface area contributed by atoms with Crippen molar-refractivity contribution in [3.05, 3.63) is 65.7 Å². The molecule has 2 amide bonds. The van der Waals surface area contributed by atoms with Crippen LogP contribution in [-0.2, 0) is 6.54 Å². The van der Waals surface area contributed by atoms with Crippen molar-refractivity contribution >= 4 is 11.7 Å². The Balaban J connectivity index is 2.11. The van der Waals surface area contributed by atoms with Gasteiger partial charge in [-0.2, -0.15) is 0 Å². The maximum absolute atomic E-state index is 12.5. The number of aryl methyl sites for hydroxylation is 1. The van der Waals surface area contributed by atoms with Gasteiger partial charge in [0.1, 0.15) is 0 Å². The highest BCUT2D eigenvalue weighted by Gasteiger charge is 2.17. The molecule has 0 radical (unpaired) electrons. The fraction of sp³-hybridized carbons (Fsp3) is 0.278. The number of nitrogens with one attached hydrogen (secondary N) is 1. The molecule has 3 heteroatoms. The third-order valence-corrected chi connectivity index (χ3v) is 3.47. The molecule has 0 saturated carbocycles. The molecular weight excluding hydrogens is 260 g/mol. The largest absolute Gasteiger partial charge is 0.322 e. The zero-order valence-corrected chi connectivity index (χ0v) is 12.8. The van der Waals surface area contributed by atoms with E-state index in [2.05, 4.69) is 5.32 Å². The van der Waals surface area contributed by atoms with Gasteiger partial charge in [0, 0.05) is 18.3 Å². The number of carbonyl (C=O) groups excluding carboxylic acids is 1. The Kier molecular flexibility index (Phi) is 4.99. The molecule has 110 valence electrons. The first kappa shape index (κ1) is 15.1. The van der Waals surface area contributed by atoms with Crippen LogP contribution in [0.1, 0.15) is 25.0 Å². The lowest BCUT2D eigenvalue weighted by atomic mass is 10.2. The highest BCUT2D eigenvalue weighted by molar-refractivity contribution is 5.90. The summed E-state index contributed by atoms with van der Waals surface area (Å²) in [5.41, 5.74) is 3.06. The second-order valence-corrected chi connectivity index (χ2v) is 5.45. The van der Waals surface area contributed by atoms with E-state index in [9.17, 15) is 4.79 Å². The van der Waals surface area contributed by atoms with E-state index in [0.717, 1.165) is 16.8 Å². The van der Waals surface area contributed by atoms with Gasteiger partial charge < -0.3 is 10.2 Å². The summed E-state index contributed by atoms with van der Waals surface area (Å²) in [6.07, 6.45) is 0. The number of rotatable bonds is 4. The van der Waals surface area contributed by atoms with Gasteiger partial charge in [-0.15, -0.1) is 0 Å². The van der Waals surface area contributed by atoms with Crippen molar-refractivity contribution in [1.29, 1.82) is 0 Å². The van der Waals surface area contributed by atoms with E-state index in [1.807, 2.05) is 80.3 Å². The maximum atomic E-state index is 12.5. The Morgan fingerprint density at radius 3 is 2.29 bits per heavy atom. The number of hydrogen-bond acceptors (Lipinski definition) is 1. The second-order valence-electron chi connectivity index (χ2n) is 5.45. The quantitative estimate of drug-likeness (QED) is 0.883. The molecule has 0 aliphatic heterocycles. The Morgan fingerprint density at radius 1 is 1.05 bits per heavy atom. The Morgan fingerprint density at radius 2 is 1.67 bits per heavy atom. The third kappa shape index (κ3) is 4.09. The number of amides is 2. The zero-order chi connectivity index (χ0) is 15.2. The van der Waals surface area contributed by atoms with E-state index in [0.29, 0.717) is 6.54 Å². The summed E-state index contributed by atoms with van der Waals surface area (Å²) >= 11 is 0. The summed E-state index contributed by atoms with van der Waals surface area (Å²) in [5.74, 6) is 0. The number of hydrogen-bond donors (Lipinski definition) is 1. The summed E-state index contributed by atoms with van der Waals surface area (Å²) in [4.78, 5) is 14.4. The summed E-state index contributed by atoms with van der Waals surface area (Å²) in [6.45, 7) is 6.66. The summed E-state index contributed by atoms with van der Waals surface area (Å²) in [7, 11) is 0. The number of carbonyl (C=O) groups is 1. The molecule has 0 spiro atoms. The van der Waals surface area contributed by atoms with Gasteiger partial charge in [-0.05, 0) is 38.0 Å². The molecule has 0 aliphatic carbocycles. The van der Waals surface area contributed by atoms with Gasteiger partial charge >= 0.3 is 6.03 Å². The van der Waals surface area contributed by atoms with Crippen LogP contribution in [0, 0.1) is 6.92 Å². The lowest BCUT2D eigenvalue weighted by Gasteiger charge is -2.27. The molecule has 0 fully saturated rings. The first-order chi connectivity index (χ1) is 10.1. The molecule has 2 aromatic rings. The molecule has 0 unspecified atom stereocenters. The predicted octanol–water partition coefficient (Wildman–Crippen LogP) is 4.44. The van der Waals surface area contributed by atoms with Crippen molar-refractivity contribution in [3.8, 4) is 0 Å². The van der Waals surface area contributed by atoms with Gasteiger partial charge in [0.2, 0.25) is 0 Å². The standard InChI is InChI=1S/C18H22N2O/c1-14(2)20(13-16-10-5-4-6-11-16)18(21)19-17-12-8-7-9-15(17)3/h4-12,14H,13H2,1-3H3,(H,19,21). The first-order valence-corrected chi connectivity index (χ1v) is 7.25. The highest BCUT2D eigenvalue weighted by atomic mass is 16.2. The molecule has 21 heavy (non-hydrogen) atoms. The lowest BCUT2D eigenvalue weighted by molar-refractivity contribution is 0.193. The molecule has 0 aliphatic rings. The molecule has 2 aromatic carbocycles. The van der Waals surface area contributed by atoms with Crippen molar-refractivity contribution in [2.45, 2.75) is 33.4 Å². The van der Waals surface area contributed by atoms with Crippen LogP contribution >= 0.6 is 0 Å². The van der Waals surface area contributed by atoms with Crippen LogP contribution in [-0.4, -0.2) is 17.0 Å². The van der Waals surface area contributed by atoms with Gasteiger partial charge in [-0.3, -0.25) is 0 Å². The smallest absolute Gasteiger partial charge is 0.318 e. The molecular formula is C18H22N2O. The van der Waals surface area contributed by atoms with E-state index < -0.39 is 0 Å². The zero-order valence-electron chi connectivity index (χ0n) is 12.8. The summed E-state index contributed by atoms with van der Waals surface area (Å²) in [6, 6.07) is 17.9. The number of para-hydroxylation sites is 1. The average molecular weight is 282 g/mol. The predicted molar refractivity (Wildman–Crippen MR) is 87.3 cm³/mol. The fourth-order valence-electron chi connectivity index (χ4n) is 2.17. The molecule has 0 bridgehead atoms. The molecule has 0 heterocycles. The van der Waals surface area contributed by atoms with E-state index in [1.165, 1.54) is 0 Å². The van der Waals surface area contributed by atoms with E-state index >= 15 is 0 Å². The van der Waals surface area contributed by atoms with E-state index in [1.54, 1.807) is 0 Å². The van der Waals surface area contributed by atoms with E-state index in [4.69, 9.17) is 0 Å².